The van der Waals surface area contributed by atoms with E-state index in [1.807, 2.05) is 36.4 Å². The maximum atomic E-state index is 9.79. The topological polar surface area (TPSA) is 50.9 Å². The zero-order valence-electron chi connectivity index (χ0n) is 14.5. The Morgan fingerprint density at radius 1 is 1.00 bits per heavy atom. The Morgan fingerprint density at radius 3 is 2.04 bits per heavy atom. The van der Waals surface area contributed by atoms with Gasteiger partial charge in [0.25, 0.3) is 0 Å². The van der Waals surface area contributed by atoms with Crippen molar-refractivity contribution in [3.8, 4) is 0 Å². The highest BCUT2D eigenvalue weighted by atomic mass is 79.9. The first-order valence-corrected chi connectivity index (χ1v) is 10.7. The summed E-state index contributed by atoms with van der Waals surface area (Å²) in [5.41, 5.74) is 2.05. The van der Waals surface area contributed by atoms with Gasteiger partial charge in [0.15, 0.2) is 0 Å². The minimum absolute atomic E-state index is 0.576. The number of aromatic nitrogens is 3. The van der Waals surface area contributed by atoms with Crippen LogP contribution in [0.2, 0.25) is 0 Å². The summed E-state index contributed by atoms with van der Waals surface area (Å²) < 4.78 is 3.90. The predicted octanol–water partition coefficient (Wildman–Crippen LogP) is 5.66. The number of nitrogens with zero attached hydrogens (tertiary/aromatic N) is 3. The van der Waals surface area contributed by atoms with Crippen LogP contribution in [-0.2, 0) is 17.5 Å². The Morgan fingerprint density at radius 2 is 1.58 bits per heavy atom. The summed E-state index contributed by atoms with van der Waals surface area (Å²) in [7, 11) is 0. The molecule has 0 amide bonds. The summed E-state index contributed by atoms with van der Waals surface area (Å²) in [6.45, 7) is 4.03. The summed E-state index contributed by atoms with van der Waals surface area (Å²) >= 11 is 10.2. The van der Waals surface area contributed by atoms with Crippen molar-refractivity contribution in [3.63, 3.8) is 0 Å². The molecular formula is C19H20Br3N3O. The van der Waals surface area contributed by atoms with E-state index in [1.54, 1.807) is 24.7 Å². The smallest absolute Gasteiger partial charge is 0.114 e. The Hall–Kier alpha value is -1.02. The number of aliphatic hydroxyl groups is 1. The van der Waals surface area contributed by atoms with Crippen LogP contribution in [0.4, 0.5) is 0 Å². The quantitative estimate of drug-likeness (QED) is 0.430. The molecule has 4 nitrogen and oxygen atoms in total. The molecule has 0 saturated carbocycles. The first-order chi connectivity index (χ1) is 12.3. The Balaban J connectivity index is 0.000000228. The van der Waals surface area contributed by atoms with Crippen molar-refractivity contribution in [2.75, 3.05) is 0 Å². The number of benzene rings is 2. The molecule has 138 valence electrons. The molecule has 2 aromatic carbocycles. The molecule has 0 radical (unpaired) electrons. The number of hydrogen-bond donors (Lipinski definition) is 1. The summed E-state index contributed by atoms with van der Waals surface area (Å²) in [6.07, 6.45) is 1.76. The van der Waals surface area contributed by atoms with E-state index in [4.69, 9.17) is 0 Å². The zero-order valence-corrected chi connectivity index (χ0v) is 19.3. The number of rotatable bonds is 4. The van der Waals surface area contributed by atoms with Crippen LogP contribution in [0.15, 0.2) is 63.7 Å². The highest BCUT2D eigenvalue weighted by molar-refractivity contribution is 9.10. The molecule has 0 unspecified atom stereocenters. The minimum Gasteiger partial charge on any atom is -0.384 e. The lowest BCUT2D eigenvalue weighted by atomic mass is 10.1. The van der Waals surface area contributed by atoms with Gasteiger partial charge in [0, 0.05) is 14.3 Å². The molecule has 3 rings (SSSR count). The van der Waals surface area contributed by atoms with Crippen LogP contribution in [0.3, 0.4) is 0 Å². The van der Waals surface area contributed by atoms with Crippen molar-refractivity contribution in [1.29, 1.82) is 0 Å². The normalized spacial score (nSPS) is 11.0. The van der Waals surface area contributed by atoms with Crippen LogP contribution in [0.5, 0.6) is 0 Å². The van der Waals surface area contributed by atoms with Crippen molar-refractivity contribution in [3.05, 3.63) is 80.5 Å². The molecule has 1 aromatic heterocycles. The molecule has 0 aliphatic rings. The fourth-order valence-electron chi connectivity index (χ4n) is 2.10. The van der Waals surface area contributed by atoms with Gasteiger partial charge in [-0.1, -0.05) is 77.3 Å². The summed E-state index contributed by atoms with van der Waals surface area (Å²) in [6, 6.07) is 16.2. The Kier molecular flexibility index (Phi) is 8.01. The highest BCUT2D eigenvalue weighted by Gasteiger charge is 2.19. The molecule has 26 heavy (non-hydrogen) atoms. The lowest BCUT2D eigenvalue weighted by Gasteiger charge is -2.11. The second-order valence-electron chi connectivity index (χ2n) is 6.25. The van der Waals surface area contributed by atoms with Crippen molar-refractivity contribution in [1.82, 2.24) is 15.0 Å². The van der Waals surface area contributed by atoms with Gasteiger partial charge in [-0.2, -0.15) is 0 Å². The highest BCUT2D eigenvalue weighted by Crippen LogP contribution is 2.17. The van der Waals surface area contributed by atoms with Gasteiger partial charge in [0.1, 0.15) is 11.3 Å². The average molecular weight is 546 g/mol. The van der Waals surface area contributed by atoms with Crippen molar-refractivity contribution >= 4 is 47.8 Å². The monoisotopic (exact) mass is 543 g/mol. The first kappa shape index (κ1) is 21.3. The van der Waals surface area contributed by atoms with E-state index in [0.29, 0.717) is 12.2 Å². The molecule has 0 bridgehead atoms. The number of alkyl halides is 1. The minimum atomic E-state index is -0.949. The first-order valence-electron chi connectivity index (χ1n) is 7.96. The third-order valence-electron chi connectivity index (χ3n) is 3.44. The van der Waals surface area contributed by atoms with E-state index in [-0.39, 0.29) is 0 Å². The van der Waals surface area contributed by atoms with Gasteiger partial charge in [-0.05, 0) is 49.2 Å². The van der Waals surface area contributed by atoms with E-state index in [9.17, 15) is 5.11 Å². The molecule has 0 aliphatic carbocycles. The van der Waals surface area contributed by atoms with Crippen molar-refractivity contribution in [2.24, 2.45) is 0 Å². The molecule has 1 N–H and O–H groups in total. The van der Waals surface area contributed by atoms with Crippen LogP contribution in [0.25, 0.3) is 0 Å². The van der Waals surface area contributed by atoms with E-state index in [0.717, 1.165) is 19.8 Å². The van der Waals surface area contributed by atoms with Gasteiger partial charge in [-0.3, -0.25) is 0 Å². The predicted molar refractivity (Wildman–Crippen MR) is 115 cm³/mol. The van der Waals surface area contributed by atoms with Gasteiger partial charge in [0.05, 0.1) is 12.7 Å². The standard InChI is InChI=1S/C12H14BrN3O.C7H6Br2/c1-12(2,17)11-8-16(15-14-11)7-9-4-3-5-10(13)6-9;8-5-6-2-1-3-7(9)4-6/h3-6,8,17H,7H2,1-2H3;1-4H,5H2. The summed E-state index contributed by atoms with van der Waals surface area (Å²) in [5, 5.41) is 18.7. The van der Waals surface area contributed by atoms with Gasteiger partial charge in [-0.25, -0.2) is 4.68 Å². The summed E-state index contributed by atoms with van der Waals surface area (Å²) in [5.74, 6) is 0. The van der Waals surface area contributed by atoms with Gasteiger partial charge in [0.2, 0.25) is 0 Å². The Labute approximate surface area is 179 Å². The van der Waals surface area contributed by atoms with Crippen LogP contribution in [0, 0.1) is 0 Å². The molecule has 0 saturated heterocycles. The van der Waals surface area contributed by atoms with Crippen LogP contribution < -0.4 is 0 Å². The molecular weight excluding hydrogens is 526 g/mol. The van der Waals surface area contributed by atoms with Crippen LogP contribution >= 0.6 is 47.8 Å². The third kappa shape index (κ3) is 6.95. The zero-order chi connectivity index (χ0) is 19.2. The van der Waals surface area contributed by atoms with E-state index >= 15 is 0 Å². The second-order valence-corrected chi connectivity index (χ2v) is 8.65. The maximum Gasteiger partial charge on any atom is 0.114 e. The fraction of sp³-hybridized carbons (Fsp3) is 0.263. The third-order valence-corrected chi connectivity index (χ3v) is 5.08. The van der Waals surface area contributed by atoms with Gasteiger partial charge in [-0.15, -0.1) is 5.10 Å². The molecule has 0 atom stereocenters. The van der Waals surface area contributed by atoms with Crippen LogP contribution in [0.1, 0.15) is 30.7 Å². The number of halogens is 3. The molecule has 0 spiro atoms. The molecule has 0 fully saturated rings. The fourth-order valence-corrected chi connectivity index (χ4v) is 3.34. The molecule has 1 heterocycles. The van der Waals surface area contributed by atoms with Gasteiger partial charge >= 0.3 is 0 Å². The second kappa shape index (κ2) is 9.78. The van der Waals surface area contributed by atoms with E-state index in [1.165, 1.54) is 5.56 Å². The summed E-state index contributed by atoms with van der Waals surface area (Å²) in [4.78, 5) is 0. The molecule has 7 heteroatoms. The van der Waals surface area contributed by atoms with Crippen molar-refractivity contribution < 1.29 is 5.11 Å². The molecule has 0 aliphatic heterocycles. The lowest BCUT2D eigenvalue weighted by Crippen LogP contribution is -2.15. The molecule has 3 aromatic rings. The largest absolute Gasteiger partial charge is 0.384 e. The number of hydrogen-bond acceptors (Lipinski definition) is 3. The van der Waals surface area contributed by atoms with Gasteiger partial charge < -0.3 is 5.11 Å². The average Bonchev–Trinajstić information content (AvgIpc) is 3.04. The SMILES string of the molecule is BrCc1cccc(Br)c1.CC(C)(O)c1cn(Cc2cccc(Br)c2)nn1. The lowest BCUT2D eigenvalue weighted by molar-refractivity contribution is 0.0737. The van der Waals surface area contributed by atoms with Crippen molar-refractivity contribution in [2.45, 2.75) is 31.3 Å². The van der Waals surface area contributed by atoms with E-state index < -0.39 is 5.60 Å². The Bertz CT molecular complexity index is 844. The van der Waals surface area contributed by atoms with E-state index in [2.05, 4.69) is 70.2 Å². The maximum absolute atomic E-state index is 9.79. The van der Waals surface area contributed by atoms with Crippen LogP contribution in [-0.4, -0.2) is 20.1 Å².